The van der Waals surface area contributed by atoms with Gasteiger partial charge in [-0.05, 0) is 30.5 Å². The van der Waals surface area contributed by atoms with Crippen LogP contribution in [0.3, 0.4) is 0 Å². The van der Waals surface area contributed by atoms with E-state index in [1.165, 1.54) is 12.1 Å². The van der Waals surface area contributed by atoms with Gasteiger partial charge in [0.1, 0.15) is 0 Å². The van der Waals surface area contributed by atoms with Crippen LogP contribution in [-0.2, 0) is 21.4 Å². The SMILES string of the molecule is NS(=O)(=O)c1ccc(CNC(=O)CCCCC2SCC3NC(=O)NC32)cc1. The summed E-state index contributed by atoms with van der Waals surface area (Å²) in [6, 6.07) is 6.50. The Hall–Kier alpha value is -1.78. The first-order valence-electron chi connectivity index (χ1n) is 8.90. The third kappa shape index (κ3) is 5.36. The molecule has 2 aliphatic heterocycles. The molecule has 3 unspecified atom stereocenters. The molecule has 3 rings (SSSR count). The van der Waals surface area contributed by atoms with E-state index in [1.807, 2.05) is 11.8 Å². The molecule has 27 heavy (non-hydrogen) atoms. The van der Waals surface area contributed by atoms with E-state index in [0.717, 1.165) is 30.6 Å². The second kappa shape index (κ2) is 8.49. The molecule has 0 aliphatic carbocycles. The Morgan fingerprint density at radius 3 is 2.67 bits per heavy atom. The van der Waals surface area contributed by atoms with E-state index < -0.39 is 10.0 Å². The third-order valence-corrected chi connectivity index (χ3v) is 7.26. The van der Waals surface area contributed by atoms with Gasteiger partial charge >= 0.3 is 6.03 Å². The van der Waals surface area contributed by atoms with E-state index in [9.17, 15) is 18.0 Å². The number of hydrogen-bond donors (Lipinski definition) is 4. The maximum absolute atomic E-state index is 12.0. The molecule has 8 nitrogen and oxygen atoms in total. The van der Waals surface area contributed by atoms with E-state index in [2.05, 4.69) is 16.0 Å². The minimum Gasteiger partial charge on any atom is -0.352 e. The van der Waals surface area contributed by atoms with Crippen molar-refractivity contribution in [3.63, 3.8) is 0 Å². The number of carbonyl (C=O) groups is 2. The number of thioether (sulfide) groups is 1. The van der Waals surface area contributed by atoms with Gasteiger partial charge in [0, 0.05) is 24.0 Å². The smallest absolute Gasteiger partial charge is 0.315 e. The monoisotopic (exact) mass is 412 g/mol. The van der Waals surface area contributed by atoms with Crippen LogP contribution in [-0.4, -0.2) is 43.4 Å². The lowest BCUT2D eigenvalue weighted by Gasteiger charge is -2.16. The number of urea groups is 1. The molecule has 0 saturated carbocycles. The lowest BCUT2D eigenvalue weighted by molar-refractivity contribution is -0.121. The van der Waals surface area contributed by atoms with E-state index in [-0.39, 0.29) is 28.9 Å². The number of fused-ring (bicyclic) bond motifs is 1. The van der Waals surface area contributed by atoms with Crippen LogP contribution in [0.1, 0.15) is 31.2 Å². The van der Waals surface area contributed by atoms with Crippen molar-refractivity contribution >= 4 is 33.7 Å². The Bertz CT molecular complexity index is 798. The van der Waals surface area contributed by atoms with Crippen LogP contribution in [0.25, 0.3) is 0 Å². The van der Waals surface area contributed by atoms with Crippen molar-refractivity contribution < 1.29 is 18.0 Å². The van der Waals surface area contributed by atoms with E-state index >= 15 is 0 Å². The number of nitrogens with two attached hydrogens (primary N) is 1. The summed E-state index contributed by atoms with van der Waals surface area (Å²) in [4.78, 5) is 23.4. The van der Waals surface area contributed by atoms with Gasteiger partial charge in [0.05, 0.1) is 17.0 Å². The largest absolute Gasteiger partial charge is 0.352 e. The van der Waals surface area contributed by atoms with Crippen LogP contribution < -0.4 is 21.1 Å². The highest BCUT2D eigenvalue weighted by atomic mass is 32.2. The fourth-order valence-corrected chi connectivity index (χ4v) is 5.42. The number of primary sulfonamides is 1. The van der Waals surface area contributed by atoms with Crippen molar-refractivity contribution in [1.82, 2.24) is 16.0 Å². The van der Waals surface area contributed by atoms with Gasteiger partial charge in [-0.1, -0.05) is 18.6 Å². The quantitative estimate of drug-likeness (QED) is 0.368. The average molecular weight is 413 g/mol. The summed E-state index contributed by atoms with van der Waals surface area (Å²) in [6.45, 7) is 0.351. The van der Waals surface area contributed by atoms with Gasteiger partial charge in [0.2, 0.25) is 15.9 Å². The zero-order valence-electron chi connectivity index (χ0n) is 14.8. The molecule has 5 N–H and O–H groups in total. The minimum absolute atomic E-state index is 0.0293. The second-order valence-electron chi connectivity index (χ2n) is 6.83. The molecule has 2 aliphatic rings. The van der Waals surface area contributed by atoms with Crippen molar-refractivity contribution in [2.75, 3.05) is 5.75 Å². The molecule has 0 spiro atoms. The molecule has 3 atom stereocenters. The zero-order chi connectivity index (χ0) is 19.4. The summed E-state index contributed by atoms with van der Waals surface area (Å²) in [5.74, 6) is 0.914. The molecule has 0 aromatic heterocycles. The number of rotatable bonds is 8. The zero-order valence-corrected chi connectivity index (χ0v) is 16.4. The molecule has 148 valence electrons. The average Bonchev–Trinajstić information content (AvgIpc) is 3.16. The van der Waals surface area contributed by atoms with E-state index in [1.54, 1.807) is 12.1 Å². The topological polar surface area (TPSA) is 130 Å². The van der Waals surface area contributed by atoms with Crippen molar-refractivity contribution in [2.24, 2.45) is 5.14 Å². The molecule has 1 aromatic rings. The second-order valence-corrected chi connectivity index (χ2v) is 9.67. The van der Waals surface area contributed by atoms with Gasteiger partial charge in [-0.2, -0.15) is 11.8 Å². The van der Waals surface area contributed by atoms with E-state index in [0.29, 0.717) is 18.2 Å². The third-order valence-electron chi connectivity index (χ3n) is 4.82. The summed E-state index contributed by atoms with van der Waals surface area (Å²) < 4.78 is 22.4. The highest BCUT2D eigenvalue weighted by molar-refractivity contribution is 8.00. The summed E-state index contributed by atoms with van der Waals surface area (Å²) in [5, 5.41) is 14.2. The predicted molar refractivity (Wildman–Crippen MR) is 104 cm³/mol. The molecule has 0 bridgehead atoms. The van der Waals surface area contributed by atoms with Crippen molar-refractivity contribution in [2.45, 2.75) is 54.5 Å². The number of amides is 3. The van der Waals surface area contributed by atoms with Gasteiger partial charge in [-0.15, -0.1) is 0 Å². The molecule has 2 fully saturated rings. The van der Waals surface area contributed by atoms with Gasteiger partial charge < -0.3 is 16.0 Å². The Morgan fingerprint density at radius 2 is 1.96 bits per heavy atom. The number of carbonyl (C=O) groups excluding carboxylic acids is 2. The lowest BCUT2D eigenvalue weighted by atomic mass is 10.0. The Kier molecular flexibility index (Phi) is 6.28. The minimum atomic E-state index is -3.70. The summed E-state index contributed by atoms with van der Waals surface area (Å²) in [5.41, 5.74) is 0.814. The molecular formula is C17H24N4O4S2. The lowest BCUT2D eigenvalue weighted by Crippen LogP contribution is -2.36. The number of unbranched alkanes of at least 4 members (excludes halogenated alkanes) is 1. The number of hydrogen-bond acceptors (Lipinski definition) is 5. The van der Waals surface area contributed by atoms with Crippen LogP contribution in [0.2, 0.25) is 0 Å². The first kappa shape index (κ1) is 20.0. The fraction of sp³-hybridized carbons (Fsp3) is 0.529. The molecule has 2 heterocycles. The number of benzene rings is 1. The van der Waals surface area contributed by atoms with Crippen molar-refractivity contribution in [3.05, 3.63) is 29.8 Å². The van der Waals surface area contributed by atoms with Crippen molar-refractivity contribution in [3.8, 4) is 0 Å². The Morgan fingerprint density at radius 1 is 1.22 bits per heavy atom. The number of nitrogens with one attached hydrogen (secondary N) is 3. The standard InChI is InChI=1S/C17H24N4O4S2/c18-27(24,25)12-7-5-11(6-8-12)9-19-15(22)4-2-1-3-14-16-13(10-26-14)20-17(23)21-16/h5-8,13-14,16H,1-4,9-10H2,(H,19,22)(H2,18,24,25)(H2,20,21,23). The maximum Gasteiger partial charge on any atom is 0.315 e. The summed E-state index contributed by atoms with van der Waals surface area (Å²) >= 11 is 1.88. The highest BCUT2D eigenvalue weighted by Crippen LogP contribution is 2.33. The van der Waals surface area contributed by atoms with Crippen molar-refractivity contribution in [1.29, 1.82) is 0 Å². The van der Waals surface area contributed by atoms with Crippen LogP contribution in [0, 0.1) is 0 Å². The number of sulfonamides is 1. The van der Waals surface area contributed by atoms with Crippen LogP contribution >= 0.6 is 11.8 Å². The maximum atomic E-state index is 12.0. The molecule has 10 heteroatoms. The molecular weight excluding hydrogens is 388 g/mol. The Labute approximate surface area is 163 Å². The van der Waals surface area contributed by atoms with Gasteiger partial charge in [0.15, 0.2) is 0 Å². The van der Waals surface area contributed by atoms with Crippen LogP contribution in [0.15, 0.2) is 29.2 Å². The molecule has 1 aromatic carbocycles. The molecule has 2 saturated heterocycles. The van der Waals surface area contributed by atoms with Gasteiger partial charge in [-0.3, -0.25) is 4.79 Å². The van der Waals surface area contributed by atoms with Crippen LogP contribution in [0.5, 0.6) is 0 Å². The Balaban J connectivity index is 1.33. The molecule has 0 radical (unpaired) electrons. The van der Waals surface area contributed by atoms with Gasteiger partial charge in [-0.25, -0.2) is 18.4 Å². The normalized spacial score (nSPS) is 24.2. The first-order chi connectivity index (χ1) is 12.8. The van der Waals surface area contributed by atoms with Crippen LogP contribution in [0.4, 0.5) is 4.79 Å². The predicted octanol–water partition coefficient (Wildman–Crippen LogP) is 0.676. The summed E-state index contributed by atoms with van der Waals surface area (Å²) in [6.07, 6.45) is 3.17. The van der Waals surface area contributed by atoms with E-state index in [4.69, 9.17) is 5.14 Å². The first-order valence-corrected chi connectivity index (χ1v) is 11.5. The fourth-order valence-electron chi connectivity index (χ4n) is 3.36. The highest BCUT2D eigenvalue weighted by Gasteiger charge is 2.42. The summed E-state index contributed by atoms with van der Waals surface area (Å²) in [7, 11) is -3.70. The molecule has 3 amide bonds. The van der Waals surface area contributed by atoms with Gasteiger partial charge in [0.25, 0.3) is 0 Å².